The Morgan fingerprint density at radius 2 is 2.00 bits per heavy atom. The van der Waals surface area contributed by atoms with Gasteiger partial charge < -0.3 is 10.2 Å². The van der Waals surface area contributed by atoms with Crippen LogP contribution in [0.25, 0.3) is 10.8 Å². The lowest BCUT2D eigenvalue weighted by atomic mass is 10.1. The average molecular weight is 269 g/mol. The Morgan fingerprint density at radius 3 is 2.70 bits per heavy atom. The minimum Gasteiger partial charge on any atom is -0.408 e. The van der Waals surface area contributed by atoms with E-state index in [2.05, 4.69) is 20.5 Å². The van der Waals surface area contributed by atoms with Crippen LogP contribution in [-0.4, -0.2) is 21.1 Å². The zero-order valence-corrected chi connectivity index (χ0v) is 10.6. The van der Waals surface area contributed by atoms with Gasteiger partial charge in [0.05, 0.1) is 5.56 Å². The maximum Gasteiger partial charge on any atom is 0.322 e. The SMILES string of the molecule is Cc1nnc(NC(=O)c2cnc(N)c3ccccc23)o1. The first-order valence-corrected chi connectivity index (χ1v) is 5.90. The number of nitrogen functional groups attached to an aromatic ring is 1. The van der Waals surface area contributed by atoms with E-state index >= 15 is 0 Å². The van der Waals surface area contributed by atoms with Crippen molar-refractivity contribution in [3.05, 3.63) is 41.9 Å². The van der Waals surface area contributed by atoms with Gasteiger partial charge in [-0.15, -0.1) is 5.10 Å². The summed E-state index contributed by atoms with van der Waals surface area (Å²) in [6.07, 6.45) is 1.43. The molecule has 0 aliphatic rings. The van der Waals surface area contributed by atoms with Crippen molar-refractivity contribution in [3.63, 3.8) is 0 Å². The highest BCUT2D eigenvalue weighted by molar-refractivity contribution is 6.13. The third kappa shape index (κ3) is 2.05. The number of fused-ring (bicyclic) bond motifs is 1. The number of nitrogens with one attached hydrogen (secondary N) is 1. The quantitative estimate of drug-likeness (QED) is 0.734. The van der Waals surface area contributed by atoms with E-state index in [9.17, 15) is 4.79 Å². The molecule has 0 aliphatic heterocycles. The number of nitrogens with zero attached hydrogens (tertiary/aromatic N) is 3. The van der Waals surface area contributed by atoms with Crippen LogP contribution >= 0.6 is 0 Å². The fraction of sp³-hybridized carbons (Fsp3) is 0.0769. The lowest BCUT2D eigenvalue weighted by molar-refractivity contribution is 0.102. The van der Waals surface area contributed by atoms with Gasteiger partial charge in [0.15, 0.2) is 0 Å². The van der Waals surface area contributed by atoms with E-state index in [4.69, 9.17) is 10.2 Å². The second kappa shape index (κ2) is 4.61. The van der Waals surface area contributed by atoms with E-state index in [1.54, 1.807) is 13.0 Å². The largest absolute Gasteiger partial charge is 0.408 e. The monoisotopic (exact) mass is 269 g/mol. The van der Waals surface area contributed by atoms with E-state index in [-0.39, 0.29) is 11.9 Å². The highest BCUT2D eigenvalue weighted by Crippen LogP contribution is 2.23. The van der Waals surface area contributed by atoms with Gasteiger partial charge in [0, 0.05) is 18.5 Å². The first-order valence-electron chi connectivity index (χ1n) is 5.90. The second-order valence-electron chi connectivity index (χ2n) is 4.18. The number of carbonyl (C=O) groups is 1. The smallest absolute Gasteiger partial charge is 0.322 e. The molecular weight excluding hydrogens is 258 g/mol. The molecule has 0 unspecified atom stereocenters. The molecule has 0 atom stereocenters. The Kier molecular flexibility index (Phi) is 2.79. The molecule has 2 aromatic heterocycles. The summed E-state index contributed by atoms with van der Waals surface area (Å²) in [6.45, 7) is 1.64. The van der Waals surface area contributed by atoms with E-state index in [0.717, 1.165) is 5.39 Å². The normalized spacial score (nSPS) is 10.7. The molecule has 0 fully saturated rings. The fourth-order valence-corrected chi connectivity index (χ4v) is 1.91. The van der Waals surface area contributed by atoms with Crippen LogP contribution in [0.15, 0.2) is 34.9 Å². The summed E-state index contributed by atoms with van der Waals surface area (Å²) >= 11 is 0. The highest BCUT2D eigenvalue weighted by atomic mass is 16.4. The minimum atomic E-state index is -0.377. The molecule has 20 heavy (non-hydrogen) atoms. The predicted molar refractivity (Wildman–Crippen MR) is 73.1 cm³/mol. The van der Waals surface area contributed by atoms with Crippen molar-refractivity contribution >= 4 is 28.5 Å². The summed E-state index contributed by atoms with van der Waals surface area (Å²) in [5.41, 5.74) is 6.19. The van der Waals surface area contributed by atoms with Gasteiger partial charge in [0.25, 0.3) is 5.91 Å². The van der Waals surface area contributed by atoms with Gasteiger partial charge in [0.1, 0.15) is 5.82 Å². The van der Waals surface area contributed by atoms with Gasteiger partial charge in [-0.2, -0.15) is 0 Å². The molecule has 3 aromatic rings. The summed E-state index contributed by atoms with van der Waals surface area (Å²) in [5.74, 6) is 0.378. The minimum absolute atomic E-state index is 0.0495. The summed E-state index contributed by atoms with van der Waals surface area (Å²) < 4.78 is 5.11. The standard InChI is InChI=1S/C13H11N5O2/c1-7-17-18-13(20-7)16-12(19)10-6-15-11(14)9-5-3-2-4-8(9)10/h2-6H,1H3,(H2,14,15)(H,16,18,19). The van der Waals surface area contributed by atoms with Crippen LogP contribution in [-0.2, 0) is 0 Å². The molecular formula is C13H11N5O2. The number of benzene rings is 1. The zero-order valence-electron chi connectivity index (χ0n) is 10.6. The lowest BCUT2D eigenvalue weighted by Gasteiger charge is -2.06. The first kappa shape index (κ1) is 12.1. The molecule has 100 valence electrons. The molecule has 3 N–H and O–H groups in total. The van der Waals surface area contributed by atoms with Gasteiger partial charge in [-0.05, 0) is 5.39 Å². The van der Waals surface area contributed by atoms with Crippen molar-refractivity contribution in [1.29, 1.82) is 0 Å². The van der Waals surface area contributed by atoms with Crippen LogP contribution in [0.5, 0.6) is 0 Å². The van der Waals surface area contributed by atoms with Gasteiger partial charge >= 0.3 is 6.01 Å². The number of nitrogens with two attached hydrogens (primary N) is 1. The van der Waals surface area contributed by atoms with E-state index < -0.39 is 0 Å². The van der Waals surface area contributed by atoms with Gasteiger partial charge in [-0.25, -0.2) is 4.98 Å². The van der Waals surface area contributed by atoms with E-state index in [1.807, 2.05) is 18.2 Å². The molecule has 7 nitrogen and oxygen atoms in total. The zero-order chi connectivity index (χ0) is 14.1. The number of rotatable bonds is 2. The summed E-state index contributed by atoms with van der Waals surface area (Å²) in [6, 6.07) is 7.33. The summed E-state index contributed by atoms with van der Waals surface area (Å²) in [7, 11) is 0. The van der Waals surface area contributed by atoms with Crippen LogP contribution in [0.4, 0.5) is 11.8 Å². The number of hydrogen-bond acceptors (Lipinski definition) is 6. The summed E-state index contributed by atoms with van der Waals surface area (Å²) in [5, 5.41) is 11.3. The predicted octanol–water partition coefficient (Wildman–Crippen LogP) is 1.76. The van der Waals surface area contributed by atoms with Crippen molar-refractivity contribution in [1.82, 2.24) is 15.2 Å². The van der Waals surface area contributed by atoms with Crippen LogP contribution < -0.4 is 11.1 Å². The Balaban J connectivity index is 2.01. The van der Waals surface area contributed by atoms with Gasteiger partial charge in [-0.3, -0.25) is 10.1 Å². The summed E-state index contributed by atoms with van der Waals surface area (Å²) in [4.78, 5) is 16.3. The Labute approximate surface area is 113 Å². The van der Waals surface area contributed by atoms with Crippen molar-refractivity contribution < 1.29 is 9.21 Å². The van der Waals surface area contributed by atoms with Crippen LogP contribution in [0, 0.1) is 6.92 Å². The number of hydrogen-bond donors (Lipinski definition) is 2. The van der Waals surface area contributed by atoms with Crippen LogP contribution in [0.2, 0.25) is 0 Å². The Morgan fingerprint density at radius 1 is 1.25 bits per heavy atom. The number of pyridine rings is 1. The van der Waals surface area contributed by atoms with Gasteiger partial charge in [-0.1, -0.05) is 29.4 Å². The molecule has 0 bridgehead atoms. The van der Waals surface area contributed by atoms with Crippen molar-refractivity contribution in [2.45, 2.75) is 6.92 Å². The van der Waals surface area contributed by atoms with E-state index in [1.165, 1.54) is 6.20 Å². The molecule has 7 heteroatoms. The maximum atomic E-state index is 12.2. The number of aryl methyl sites for hydroxylation is 1. The van der Waals surface area contributed by atoms with E-state index in [0.29, 0.717) is 22.7 Å². The Bertz CT molecular complexity index is 796. The first-order chi connectivity index (χ1) is 9.65. The molecule has 0 aliphatic carbocycles. The molecule has 0 spiro atoms. The molecule has 0 saturated heterocycles. The van der Waals surface area contributed by atoms with Crippen molar-refractivity contribution in [2.24, 2.45) is 0 Å². The van der Waals surface area contributed by atoms with Crippen LogP contribution in [0.1, 0.15) is 16.2 Å². The van der Waals surface area contributed by atoms with Crippen molar-refractivity contribution in [2.75, 3.05) is 11.1 Å². The second-order valence-corrected chi connectivity index (χ2v) is 4.18. The fourth-order valence-electron chi connectivity index (χ4n) is 1.91. The van der Waals surface area contributed by atoms with Crippen molar-refractivity contribution in [3.8, 4) is 0 Å². The number of anilines is 2. The molecule has 3 rings (SSSR count). The van der Waals surface area contributed by atoms with Gasteiger partial charge in [0.2, 0.25) is 5.89 Å². The average Bonchev–Trinajstić information content (AvgIpc) is 2.84. The molecule has 1 amide bonds. The molecule has 0 radical (unpaired) electrons. The molecule has 0 saturated carbocycles. The third-order valence-corrected chi connectivity index (χ3v) is 2.82. The number of aromatic nitrogens is 3. The highest BCUT2D eigenvalue weighted by Gasteiger charge is 2.14. The Hall–Kier alpha value is -2.96. The number of amides is 1. The lowest BCUT2D eigenvalue weighted by Crippen LogP contribution is -2.13. The third-order valence-electron chi connectivity index (χ3n) is 2.82. The topological polar surface area (TPSA) is 107 Å². The molecule has 2 heterocycles. The number of carbonyl (C=O) groups excluding carboxylic acids is 1. The molecule has 1 aromatic carbocycles. The maximum absolute atomic E-state index is 12.2. The van der Waals surface area contributed by atoms with Crippen LogP contribution in [0.3, 0.4) is 0 Å².